The van der Waals surface area contributed by atoms with Crippen LogP contribution in [0, 0.1) is 0 Å². The van der Waals surface area contributed by atoms with Crippen molar-refractivity contribution in [3.63, 3.8) is 0 Å². The van der Waals surface area contributed by atoms with Crippen molar-refractivity contribution in [3.8, 4) is 0 Å². The van der Waals surface area contributed by atoms with E-state index in [1.54, 1.807) is 60.1 Å². The molecule has 0 spiro atoms. The summed E-state index contributed by atoms with van der Waals surface area (Å²) in [6.45, 7) is 17.2. The van der Waals surface area contributed by atoms with E-state index < -0.39 is 93.0 Å². The molecule has 4 aliphatic heterocycles. The number of aliphatic hydroxyl groups excluding tert-OH is 1. The molecule has 11 atom stereocenters. The number of anilines is 2. The average molecular weight is 1250 g/mol. The van der Waals surface area contributed by atoms with Crippen molar-refractivity contribution in [3.05, 3.63) is 81.4 Å². The Bertz CT molecular complexity index is 3470. The average Bonchev–Trinajstić information content (AvgIpc) is 1.70. The molecule has 0 amide bonds. The highest BCUT2D eigenvalue weighted by atomic mass is 35.5. The molecule has 2 aliphatic carbocycles. The molecule has 4 aromatic heterocycles. The van der Waals surface area contributed by atoms with Gasteiger partial charge in [0.1, 0.15) is 36.6 Å². The lowest BCUT2D eigenvalue weighted by atomic mass is 10.1. The summed E-state index contributed by atoms with van der Waals surface area (Å²) >= 11 is 12.9. The van der Waals surface area contributed by atoms with Crippen LogP contribution in [0.3, 0.4) is 0 Å². The molecule has 458 valence electrons. The monoisotopic (exact) mass is 1240 g/mol. The zero-order valence-corrected chi connectivity index (χ0v) is 52.0. The van der Waals surface area contributed by atoms with E-state index in [9.17, 15) is 14.2 Å². The summed E-state index contributed by atoms with van der Waals surface area (Å²) in [5.74, 6) is -1.25. The van der Waals surface area contributed by atoms with Crippen LogP contribution in [0.4, 0.5) is 11.6 Å². The fraction of sp³-hybridized carbons (Fsp3) is 0.636. The fourth-order valence-corrected chi connectivity index (χ4v) is 17.5. The van der Waals surface area contributed by atoms with Crippen LogP contribution in [-0.4, -0.2) is 155 Å². The van der Waals surface area contributed by atoms with Gasteiger partial charge < -0.3 is 61.4 Å². The predicted molar refractivity (Wildman–Crippen MR) is 312 cm³/mol. The van der Waals surface area contributed by atoms with Gasteiger partial charge in [0.15, 0.2) is 63.9 Å². The van der Waals surface area contributed by atoms with Crippen molar-refractivity contribution in [2.45, 2.75) is 186 Å². The number of hydrogen-bond donors (Lipinski definition) is 1. The molecule has 2 aromatic carbocycles. The summed E-state index contributed by atoms with van der Waals surface area (Å²) in [5.41, 5.74) is 5.18. The highest BCUT2D eigenvalue weighted by Crippen LogP contribution is 2.66. The summed E-state index contributed by atoms with van der Waals surface area (Å²) in [4.78, 5) is 22.1. The van der Waals surface area contributed by atoms with Crippen LogP contribution < -0.4 is 9.80 Å². The minimum atomic E-state index is -4.06. The zero-order chi connectivity index (χ0) is 59.3. The normalized spacial score (nSPS) is 27.4. The lowest BCUT2D eigenvalue weighted by molar-refractivity contribution is -0.201. The third kappa shape index (κ3) is 12.5. The molecule has 25 nitrogen and oxygen atoms in total. The first-order valence-electron chi connectivity index (χ1n) is 27.7. The molecule has 4 fully saturated rings. The molecule has 1 N–H and O–H groups in total. The summed E-state index contributed by atoms with van der Waals surface area (Å²) in [5, 5.41) is 27.6. The Labute approximate surface area is 498 Å². The minimum Gasteiger partial charge on any atom is -0.394 e. The number of rotatable bonds is 15. The second kappa shape index (κ2) is 23.3. The van der Waals surface area contributed by atoms with Crippen LogP contribution in [0.15, 0.2) is 48.5 Å². The van der Waals surface area contributed by atoms with Crippen molar-refractivity contribution in [1.82, 2.24) is 49.9 Å². The van der Waals surface area contributed by atoms with Gasteiger partial charge >= 0.3 is 15.2 Å². The predicted octanol–water partition coefficient (Wildman–Crippen LogP) is 10.1. The van der Waals surface area contributed by atoms with Gasteiger partial charge in [0.05, 0.1) is 36.5 Å². The Morgan fingerprint density at radius 1 is 0.655 bits per heavy atom. The number of aromatic nitrogens is 10. The van der Waals surface area contributed by atoms with Crippen molar-refractivity contribution in [1.29, 1.82) is 0 Å². The van der Waals surface area contributed by atoms with Crippen molar-refractivity contribution in [2.75, 3.05) is 50.1 Å². The Hall–Kier alpha value is -4.40. The van der Waals surface area contributed by atoms with E-state index in [-0.39, 0.29) is 43.3 Å². The molecule has 1 unspecified atom stereocenters. The first kappa shape index (κ1) is 62.6. The molecule has 6 aliphatic rings. The molecule has 0 saturated carbocycles. The number of ether oxygens (including phenoxy) is 6. The van der Waals surface area contributed by atoms with E-state index in [0.717, 1.165) is 25.7 Å². The fourth-order valence-electron chi connectivity index (χ4n) is 12.0. The quantitative estimate of drug-likeness (QED) is 0.0740. The van der Waals surface area contributed by atoms with E-state index in [2.05, 4.69) is 86.8 Å². The first-order valence-corrected chi connectivity index (χ1v) is 31.9. The van der Waals surface area contributed by atoms with E-state index in [1.165, 1.54) is 34.0 Å². The number of hydrogen-bond acceptors (Lipinski definition) is 23. The van der Waals surface area contributed by atoms with Crippen LogP contribution in [0.2, 0.25) is 10.6 Å². The first-order chi connectivity index (χ1) is 39.0. The van der Waals surface area contributed by atoms with Crippen LogP contribution >= 0.6 is 38.4 Å². The Morgan fingerprint density at radius 3 is 1.50 bits per heavy atom. The van der Waals surface area contributed by atoms with Crippen molar-refractivity contribution < 1.29 is 60.8 Å². The van der Waals surface area contributed by atoms with Crippen LogP contribution in [-0.2, 0) is 68.5 Å². The molecule has 84 heavy (non-hydrogen) atoms. The Balaban J connectivity index is 0.000000200. The number of aliphatic hydroxyl groups is 1. The molecule has 0 bridgehead atoms. The molecular weight excluding hydrogens is 1170 g/mol. The topological polar surface area (TPSA) is 266 Å². The number of fused-ring (bicyclic) bond motifs is 6. The molecule has 12 rings (SSSR count). The lowest BCUT2D eigenvalue weighted by Crippen LogP contribution is -2.33. The van der Waals surface area contributed by atoms with Crippen LogP contribution in [0.25, 0.3) is 22.3 Å². The van der Waals surface area contributed by atoms with Gasteiger partial charge in [-0.25, -0.2) is 0 Å². The second-order valence-electron chi connectivity index (χ2n) is 24.5. The Morgan fingerprint density at radius 2 is 1.07 bits per heavy atom. The largest absolute Gasteiger partial charge is 0.394 e. The highest BCUT2D eigenvalue weighted by molar-refractivity contribution is 7.71. The SMILES string of the molecule is C.CN(c1nc(Cl)nc2c1nnn2[C@@H]1O[C@H](CO)[C@H]2OC(C)(C)O[C@H]21)[C@H]1CCc2ccccc21.COP(=O)(CP(=O)(OC(C)(C)C)OC(C)(C)C)OC[C@H]1O[C@@H](n2nnc3c(N(C)[C@H]4CCc5ccccc54)nc(Cl)nc32)[C@@H]2OC(C)(C)O[C@@H]21. The zero-order valence-electron chi connectivity index (χ0n) is 48.7. The van der Waals surface area contributed by atoms with Crippen LogP contribution in [0.1, 0.15) is 136 Å². The van der Waals surface area contributed by atoms with Crippen LogP contribution in [0.5, 0.6) is 0 Å². The number of halogens is 2. The molecular formula is C55H76Cl2N12O13P2. The summed E-state index contributed by atoms with van der Waals surface area (Å²) < 4.78 is 91.1. The van der Waals surface area contributed by atoms with Crippen molar-refractivity contribution in [2.24, 2.45) is 0 Å². The summed E-state index contributed by atoms with van der Waals surface area (Å²) in [6.07, 6.45) is -1.30. The second-order valence-corrected chi connectivity index (χ2v) is 29.7. The van der Waals surface area contributed by atoms with Gasteiger partial charge in [-0.3, -0.25) is 9.13 Å². The third-order valence-corrected chi connectivity index (χ3v) is 21.0. The van der Waals surface area contributed by atoms with Gasteiger partial charge in [0.25, 0.3) is 0 Å². The van der Waals surface area contributed by atoms with Crippen molar-refractivity contribution >= 4 is 72.4 Å². The van der Waals surface area contributed by atoms with Gasteiger partial charge in [0.2, 0.25) is 10.6 Å². The molecule has 6 aromatic rings. The third-order valence-electron chi connectivity index (χ3n) is 15.2. The summed E-state index contributed by atoms with van der Waals surface area (Å²) in [7, 11) is -2.88. The van der Waals surface area contributed by atoms with Gasteiger partial charge in [-0.05, 0) is 140 Å². The molecule has 4 saturated heterocycles. The molecule has 0 radical (unpaired) electrons. The van der Waals surface area contributed by atoms with Gasteiger partial charge in [-0.2, -0.15) is 29.3 Å². The Kier molecular flexibility index (Phi) is 17.4. The smallest absolute Gasteiger partial charge is 0.343 e. The van der Waals surface area contributed by atoms with E-state index in [4.69, 9.17) is 69.7 Å². The summed E-state index contributed by atoms with van der Waals surface area (Å²) in [6, 6.07) is 17.0. The van der Waals surface area contributed by atoms with E-state index in [0.29, 0.717) is 34.0 Å². The number of aryl methyl sites for hydroxylation is 2. The van der Waals surface area contributed by atoms with Gasteiger partial charge in [-0.15, -0.1) is 10.2 Å². The highest BCUT2D eigenvalue weighted by Gasteiger charge is 2.59. The van der Waals surface area contributed by atoms with Gasteiger partial charge in [-0.1, -0.05) is 66.4 Å². The lowest BCUT2D eigenvalue weighted by Gasteiger charge is -2.33. The van der Waals surface area contributed by atoms with E-state index >= 15 is 0 Å². The van der Waals surface area contributed by atoms with Gasteiger partial charge in [0, 0.05) is 21.2 Å². The standard InChI is InChI=1S/C32H47ClN6O9P2.C22H25ClN6O4.CH4/c1-30(2,3)47-50(41,48-31(4,5)6)18-49(40,42-10)43-17-22-24-25(46-32(7,8)45-24)28(44-22)39-27-23(36-37-39)26(34-29(33)35-27)38(9)21-16-15-19-13-11-12-14-20(19)21;1-22(2)32-16-14(10-30)31-20(17(16)33-22)29-19-15(26-27-29)18(24-21(23)25-19)28(3)13-9-8-11-6-4-5-7-12(11)13;/h11-14,21-22,24-25,28H,15-18H2,1-10H3;4-7,13-14,16-17,20,30H,8-10H2,1-3H3;1H4/t21-,22+,24+,25+,28+,49?;13-,14+,16+,17+,20+;/m00./s1. The maximum atomic E-state index is 14.0. The minimum absolute atomic E-state index is 0. The molecule has 8 heterocycles. The maximum absolute atomic E-state index is 14.0. The maximum Gasteiger partial charge on any atom is 0.343 e. The molecule has 29 heteroatoms. The number of nitrogens with zero attached hydrogens (tertiary/aromatic N) is 12. The number of benzene rings is 2. The van der Waals surface area contributed by atoms with E-state index in [1.807, 2.05) is 40.1 Å².